The molecule has 0 unspecified atom stereocenters. The van der Waals surface area contributed by atoms with Gasteiger partial charge in [0, 0.05) is 31.9 Å². The van der Waals surface area contributed by atoms with Crippen LogP contribution in [-0.2, 0) is 0 Å². The Labute approximate surface area is 133 Å². The number of alkyl halides is 3. The fourth-order valence-corrected chi connectivity index (χ4v) is 2.43. The van der Waals surface area contributed by atoms with Gasteiger partial charge in [-0.1, -0.05) is 12.1 Å². The van der Waals surface area contributed by atoms with E-state index in [-0.39, 0.29) is 25.5 Å². The Morgan fingerprint density at radius 1 is 1.14 bits per heavy atom. The molecule has 124 valence electrons. The van der Waals surface area contributed by atoms with E-state index in [0.717, 1.165) is 16.6 Å². The quantitative estimate of drug-likeness (QED) is 0.799. The summed E-state index contributed by atoms with van der Waals surface area (Å²) >= 11 is 0. The fourth-order valence-electron chi connectivity index (χ4n) is 2.43. The van der Waals surface area contributed by atoms with Crippen molar-refractivity contribution >= 4 is 24.1 Å². The molecule has 1 aromatic carbocycles. The zero-order valence-electron chi connectivity index (χ0n) is 12.4. The van der Waals surface area contributed by atoms with E-state index in [0.29, 0.717) is 13.1 Å². The van der Waals surface area contributed by atoms with Crippen LogP contribution in [0.4, 0.5) is 23.7 Å². The van der Waals surface area contributed by atoms with Crippen molar-refractivity contribution in [1.29, 1.82) is 0 Å². The summed E-state index contributed by atoms with van der Waals surface area (Å²) in [6, 6.07) is 4.89. The topological polar surface area (TPSA) is 35.6 Å². The minimum Gasteiger partial charge on any atom is -0.368 e. The normalized spacial score (nSPS) is 15.3. The van der Waals surface area contributed by atoms with Gasteiger partial charge in [0.25, 0.3) is 0 Å². The van der Waals surface area contributed by atoms with Crippen LogP contribution < -0.4 is 10.2 Å². The van der Waals surface area contributed by atoms with Gasteiger partial charge in [-0.3, -0.25) is 0 Å². The van der Waals surface area contributed by atoms with Crippen LogP contribution in [-0.4, -0.2) is 43.4 Å². The number of carbonyl (C=O) groups excluding carboxylic acids is 1. The molecule has 1 aromatic rings. The van der Waals surface area contributed by atoms with Gasteiger partial charge in [-0.05, 0) is 31.0 Å². The molecule has 1 fully saturated rings. The third-order valence-electron chi connectivity index (χ3n) is 3.73. The first kappa shape index (κ1) is 18.4. The number of nitrogens with one attached hydrogen (secondary N) is 1. The molecule has 8 heteroatoms. The van der Waals surface area contributed by atoms with Gasteiger partial charge in [-0.2, -0.15) is 13.2 Å². The van der Waals surface area contributed by atoms with E-state index in [1.807, 2.05) is 32.0 Å². The first-order valence-corrected chi connectivity index (χ1v) is 6.73. The molecule has 0 bridgehead atoms. The molecule has 0 aliphatic carbocycles. The molecule has 0 radical (unpaired) electrons. The van der Waals surface area contributed by atoms with Crippen molar-refractivity contribution in [3.05, 3.63) is 29.3 Å². The van der Waals surface area contributed by atoms with Gasteiger partial charge in [0.05, 0.1) is 0 Å². The molecule has 1 aliphatic heterocycles. The van der Waals surface area contributed by atoms with Crippen LogP contribution in [0, 0.1) is 13.8 Å². The highest BCUT2D eigenvalue weighted by molar-refractivity contribution is 5.85. The Bertz CT molecular complexity index is 529. The number of halogens is 4. The van der Waals surface area contributed by atoms with E-state index >= 15 is 0 Å². The average Bonchev–Trinajstić information content (AvgIpc) is 2.40. The van der Waals surface area contributed by atoms with Crippen LogP contribution in [0.1, 0.15) is 11.1 Å². The minimum atomic E-state index is -4.68. The lowest BCUT2D eigenvalue weighted by Gasteiger charge is -2.37. The second-order valence-electron chi connectivity index (χ2n) is 5.12. The standard InChI is InChI=1S/C14H18F3N3O.ClH/c1-10-4-3-5-12(11(10)2)19-6-8-20(9-7-19)13(21)18-14(15,16)17;/h3-5H,6-9H2,1-2H3,(H,18,21);1H. The van der Waals surface area contributed by atoms with Gasteiger partial charge in [-0.15, -0.1) is 12.4 Å². The van der Waals surface area contributed by atoms with Gasteiger partial charge < -0.3 is 9.80 Å². The molecule has 1 heterocycles. The summed E-state index contributed by atoms with van der Waals surface area (Å²) in [5, 5.41) is 1.03. The van der Waals surface area contributed by atoms with Gasteiger partial charge in [0.2, 0.25) is 0 Å². The first-order valence-electron chi connectivity index (χ1n) is 6.73. The number of carbonyl (C=O) groups is 1. The highest BCUT2D eigenvalue weighted by Crippen LogP contribution is 2.24. The number of nitrogens with zero attached hydrogens (tertiary/aromatic N) is 2. The first-order chi connectivity index (χ1) is 9.78. The third-order valence-corrected chi connectivity index (χ3v) is 3.73. The van der Waals surface area contributed by atoms with Gasteiger partial charge in [-0.25, -0.2) is 10.1 Å². The second-order valence-corrected chi connectivity index (χ2v) is 5.12. The molecule has 0 atom stereocenters. The van der Waals surface area contributed by atoms with Crippen LogP contribution in [0.15, 0.2) is 18.2 Å². The largest absolute Gasteiger partial charge is 0.485 e. The van der Waals surface area contributed by atoms with Crippen molar-refractivity contribution in [3.8, 4) is 0 Å². The van der Waals surface area contributed by atoms with Gasteiger partial charge in [0.15, 0.2) is 0 Å². The number of aryl methyl sites for hydroxylation is 1. The summed E-state index contributed by atoms with van der Waals surface area (Å²) < 4.78 is 36.4. The predicted octanol–water partition coefficient (Wildman–Crippen LogP) is 3.08. The number of benzene rings is 1. The number of hydrogen-bond acceptors (Lipinski definition) is 2. The predicted molar refractivity (Wildman–Crippen MR) is 81.5 cm³/mol. The smallest absolute Gasteiger partial charge is 0.368 e. The molecule has 22 heavy (non-hydrogen) atoms. The van der Waals surface area contributed by atoms with Crippen molar-refractivity contribution in [3.63, 3.8) is 0 Å². The van der Waals surface area contributed by atoms with E-state index in [1.165, 1.54) is 10.5 Å². The Morgan fingerprint density at radius 2 is 1.73 bits per heavy atom. The zero-order valence-corrected chi connectivity index (χ0v) is 13.2. The van der Waals surface area contributed by atoms with Gasteiger partial charge >= 0.3 is 12.3 Å². The molecule has 2 rings (SSSR count). The van der Waals surface area contributed by atoms with Crippen molar-refractivity contribution < 1.29 is 18.0 Å². The molecule has 1 N–H and O–H groups in total. The van der Waals surface area contributed by atoms with E-state index in [1.54, 1.807) is 0 Å². The average molecular weight is 338 g/mol. The zero-order chi connectivity index (χ0) is 15.6. The third kappa shape index (κ3) is 4.43. The Hall–Kier alpha value is -1.63. The van der Waals surface area contributed by atoms with E-state index in [2.05, 4.69) is 4.90 Å². The molecule has 1 aliphatic rings. The molecule has 0 saturated carbocycles. The maximum Gasteiger partial charge on any atom is 0.485 e. The van der Waals surface area contributed by atoms with Crippen LogP contribution in [0.25, 0.3) is 0 Å². The fraction of sp³-hybridized carbons (Fsp3) is 0.500. The van der Waals surface area contributed by atoms with Crippen LogP contribution in [0.5, 0.6) is 0 Å². The SMILES string of the molecule is Cc1cccc(N2CCN(C(=O)NC(F)(F)F)CC2)c1C.Cl. The molecule has 2 amide bonds. The lowest BCUT2D eigenvalue weighted by atomic mass is 10.1. The monoisotopic (exact) mass is 337 g/mol. The number of hydrogen-bond donors (Lipinski definition) is 1. The van der Waals surface area contributed by atoms with Crippen LogP contribution >= 0.6 is 12.4 Å². The van der Waals surface area contributed by atoms with E-state index < -0.39 is 12.3 Å². The maximum absolute atomic E-state index is 12.1. The van der Waals surface area contributed by atoms with Crippen molar-refractivity contribution in [2.24, 2.45) is 0 Å². The summed E-state index contributed by atoms with van der Waals surface area (Å²) in [7, 11) is 0. The summed E-state index contributed by atoms with van der Waals surface area (Å²) in [5.41, 5.74) is 3.40. The Balaban J connectivity index is 0.00000242. The van der Waals surface area contributed by atoms with Crippen LogP contribution in [0.2, 0.25) is 0 Å². The maximum atomic E-state index is 12.1. The number of rotatable bonds is 1. The molecular formula is C14H19ClF3N3O. The minimum absolute atomic E-state index is 0. The molecular weight excluding hydrogens is 319 g/mol. The van der Waals surface area contributed by atoms with E-state index in [9.17, 15) is 18.0 Å². The Morgan fingerprint density at radius 3 is 2.27 bits per heavy atom. The Kier molecular flexibility index (Phi) is 5.93. The van der Waals surface area contributed by atoms with Crippen LogP contribution in [0.3, 0.4) is 0 Å². The molecule has 0 spiro atoms. The lowest BCUT2D eigenvalue weighted by molar-refractivity contribution is -0.147. The molecule has 4 nitrogen and oxygen atoms in total. The number of urea groups is 1. The lowest BCUT2D eigenvalue weighted by Crippen LogP contribution is -2.54. The highest BCUT2D eigenvalue weighted by Gasteiger charge is 2.33. The summed E-state index contributed by atoms with van der Waals surface area (Å²) in [6.07, 6.45) is -4.68. The second kappa shape index (κ2) is 7.09. The summed E-state index contributed by atoms with van der Waals surface area (Å²) in [4.78, 5) is 14.7. The number of piperazine rings is 1. The molecule has 1 saturated heterocycles. The number of anilines is 1. The van der Waals surface area contributed by atoms with Crippen molar-refractivity contribution in [2.45, 2.75) is 20.1 Å². The highest BCUT2D eigenvalue weighted by atomic mass is 35.5. The number of amides is 2. The summed E-state index contributed by atoms with van der Waals surface area (Å²) in [6.45, 7) is 5.63. The van der Waals surface area contributed by atoms with Crippen molar-refractivity contribution in [2.75, 3.05) is 31.1 Å². The molecule has 0 aromatic heterocycles. The van der Waals surface area contributed by atoms with Gasteiger partial charge in [0.1, 0.15) is 0 Å². The summed E-state index contributed by atoms with van der Waals surface area (Å²) in [5.74, 6) is 0. The van der Waals surface area contributed by atoms with Crippen molar-refractivity contribution in [1.82, 2.24) is 10.2 Å². The van der Waals surface area contributed by atoms with E-state index in [4.69, 9.17) is 0 Å².